The lowest BCUT2D eigenvalue weighted by molar-refractivity contribution is 1.01. The minimum atomic E-state index is 0.392. The van der Waals surface area contributed by atoms with E-state index < -0.39 is 0 Å². The number of para-hydroxylation sites is 1. The Morgan fingerprint density at radius 3 is 2.50 bits per heavy atom. The maximum absolute atomic E-state index is 4.56. The predicted octanol–water partition coefficient (Wildman–Crippen LogP) is 4.61. The summed E-state index contributed by atoms with van der Waals surface area (Å²) in [6.45, 7) is 6.63. The Balaban J connectivity index is 2.23. The van der Waals surface area contributed by atoms with Crippen molar-refractivity contribution < 1.29 is 0 Å². The summed E-state index contributed by atoms with van der Waals surface area (Å²) >= 11 is 0. The van der Waals surface area contributed by atoms with Crippen LogP contribution in [0.4, 0.5) is 0 Å². The van der Waals surface area contributed by atoms with Crippen molar-refractivity contribution in [1.82, 2.24) is 4.98 Å². The zero-order chi connectivity index (χ0) is 12.7. The smallest absolute Gasteiger partial charge is 0.0743 e. The molecule has 1 aromatic carbocycles. The topological polar surface area (TPSA) is 12.9 Å². The van der Waals surface area contributed by atoms with Gasteiger partial charge in [0, 0.05) is 17.5 Å². The molecule has 1 aliphatic carbocycles. The second kappa shape index (κ2) is 4.09. The van der Waals surface area contributed by atoms with Gasteiger partial charge in [0.2, 0.25) is 0 Å². The molecule has 0 bridgehead atoms. The fourth-order valence-electron chi connectivity index (χ4n) is 2.75. The first-order valence-corrected chi connectivity index (χ1v) is 6.38. The molecule has 1 unspecified atom stereocenters. The second-order valence-corrected chi connectivity index (χ2v) is 5.06. The van der Waals surface area contributed by atoms with Crippen LogP contribution in [-0.4, -0.2) is 4.98 Å². The van der Waals surface area contributed by atoms with Gasteiger partial charge < -0.3 is 0 Å². The molecule has 1 aromatic heterocycles. The average molecular weight is 235 g/mol. The van der Waals surface area contributed by atoms with Gasteiger partial charge in [-0.1, -0.05) is 41.5 Å². The summed E-state index contributed by atoms with van der Waals surface area (Å²) < 4.78 is 0. The van der Waals surface area contributed by atoms with Gasteiger partial charge in [0.1, 0.15) is 0 Å². The molecular weight excluding hydrogens is 218 g/mol. The molecule has 0 radical (unpaired) electrons. The first-order chi connectivity index (χ1) is 8.68. The Morgan fingerprint density at radius 2 is 1.78 bits per heavy atom. The Kier molecular flexibility index (Phi) is 2.55. The fourth-order valence-corrected chi connectivity index (χ4v) is 2.75. The van der Waals surface area contributed by atoms with Crippen molar-refractivity contribution in [2.45, 2.75) is 26.7 Å². The first-order valence-electron chi connectivity index (χ1n) is 6.38. The van der Waals surface area contributed by atoms with Crippen molar-refractivity contribution in [2.24, 2.45) is 0 Å². The number of pyridine rings is 1. The molecule has 0 saturated heterocycles. The molecular formula is C17H17N. The quantitative estimate of drug-likeness (QED) is 0.703. The van der Waals surface area contributed by atoms with Crippen molar-refractivity contribution in [2.75, 3.05) is 0 Å². The van der Waals surface area contributed by atoms with Crippen molar-refractivity contribution in [3.05, 3.63) is 64.9 Å². The Bertz CT molecular complexity index is 672. The SMILES string of the molecule is CC1=CC(c2cccc3cccnc23)C(C)=C1C. The van der Waals surface area contributed by atoms with Crippen molar-refractivity contribution in [3.8, 4) is 0 Å². The average Bonchev–Trinajstić information content (AvgIpc) is 2.66. The van der Waals surface area contributed by atoms with Crippen molar-refractivity contribution in [1.29, 1.82) is 0 Å². The van der Waals surface area contributed by atoms with Gasteiger partial charge in [-0.15, -0.1) is 0 Å². The largest absolute Gasteiger partial charge is 0.256 e. The molecule has 1 heteroatoms. The molecule has 1 atom stereocenters. The summed E-state index contributed by atoms with van der Waals surface area (Å²) in [5.41, 5.74) is 6.72. The highest BCUT2D eigenvalue weighted by atomic mass is 14.7. The number of rotatable bonds is 1. The van der Waals surface area contributed by atoms with Crippen molar-refractivity contribution in [3.63, 3.8) is 0 Å². The number of aromatic nitrogens is 1. The van der Waals surface area contributed by atoms with Gasteiger partial charge in [-0.05, 0) is 38.0 Å². The maximum atomic E-state index is 4.56. The Labute approximate surface area is 108 Å². The molecule has 1 nitrogen and oxygen atoms in total. The van der Waals surface area contributed by atoms with Gasteiger partial charge in [0.25, 0.3) is 0 Å². The third kappa shape index (κ3) is 1.59. The van der Waals surface area contributed by atoms with E-state index in [0.29, 0.717) is 5.92 Å². The highest BCUT2D eigenvalue weighted by Crippen LogP contribution is 2.39. The van der Waals surface area contributed by atoms with Crippen LogP contribution in [-0.2, 0) is 0 Å². The lowest BCUT2D eigenvalue weighted by Gasteiger charge is -2.13. The van der Waals surface area contributed by atoms with Crippen LogP contribution < -0.4 is 0 Å². The van der Waals surface area contributed by atoms with Gasteiger partial charge in [0.15, 0.2) is 0 Å². The molecule has 1 aliphatic rings. The third-order valence-electron chi connectivity index (χ3n) is 4.07. The molecule has 0 spiro atoms. The van der Waals surface area contributed by atoms with Crippen molar-refractivity contribution >= 4 is 10.9 Å². The summed E-state index contributed by atoms with van der Waals surface area (Å²) in [6.07, 6.45) is 4.23. The molecule has 2 aromatic rings. The van der Waals surface area contributed by atoms with Crippen LogP contribution >= 0.6 is 0 Å². The highest BCUT2D eigenvalue weighted by molar-refractivity contribution is 5.83. The molecule has 1 heterocycles. The van der Waals surface area contributed by atoms with Crippen LogP contribution in [0.2, 0.25) is 0 Å². The van der Waals surface area contributed by atoms with Crippen LogP contribution in [0.15, 0.2) is 59.3 Å². The van der Waals surface area contributed by atoms with Gasteiger partial charge in [-0.2, -0.15) is 0 Å². The van der Waals surface area contributed by atoms with E-state index in [4.69, 9.17) is 0 Å². The second-order valence-electron chi connectivity index (χ2n) is 5.06. The van der Waals surface area contributed by atoms with Crippen LogP contribution in [0, 0.1) is 0 Å². The lowest BCUT2D eigenvalue weighted by atomic mass is 9.92. The Morgan fingerprint density at radius 1 is 1.00 bits per heavy atom. The summed E-state index contributed by atoms with van der Waals surface area (Å²) in [6, 6.07) is 10.6. The number of benzene rings is 1. The van der Waals surface area contributed by atoms with E-state index in [2.05, 4.69) is 56.1 Å². The monoisotopic (exact) mass is 235 g/mol. The highest BCUT2D eigenvalue weighted by Gasteiger charge is 2.21. The van der Waals surface area contributed by atoms with E-state index in [1.54, 1.807) is 0 Å². The number of hydrogen-bond donors (Lipinski definition) is 0. The van der Waals surface area contributed by atoms with E-state index in [-0.39, 0.29) is 0 Å². The minimum absolute atomic E-state index is 0.392. The maximum Gasteiger partial charge on any atom is 0.0743 e. The van der Waals surface area contributed by atoms with Gasteiger partial charge in [-0.3, -0.25) is 4.98 Å². The summed E-state index contributed by atoms with van der Waals surface area (Å²) in [5, 5.41) is 1.22. The Hall–Kier alpha value is -1.89. The van der Waals surface area contributed by atoms with Crippen LogP contribution in [0.5, 0.6) is 0 Å². The van der Waals surface area contributed by atoms with Gasteiger partial charge in [-0.25, -0.2) is 0 Å². The molecule has 3 rings (SSSR count). The molecule has 0 aliphatic heterocycles. The standard InChI is InChI=1S/C17H17N/c1-11-10-16(13(3)12(11)2)15-8-4-6-14-7-5-9-18-17(14)15/h4-10,16H,1-3H3. The number of nitrogens with zero attached hydrogens (tertiary/aromatic N) is 1. The summed E-state index contributed by atoms with van der Waals surface area (Å²) in [5.74, 6) is 0.392. The number of hydrogen-bond acceptors (Lipinski definition) is 1. The first kappa shape index (κ1) is 11.2. The molecule has 0 N–H and O–H groups in total. The van der Waals surface area contributed by atoms with E-state index in [1.807, 2.05) is 12.3 Å². The third-order valence-corrected chi connectivity index (χ3v) is 4.07. The van der Waals surface area contributed by atoms with Crippen LogP contribution in [0.3, 0.4) is 0 Å². The normalized spacial score (nSPS) is 19.5. The summed E-state index contributed by atoms with van der Waals surface area (Å²) in [4.78, 5) is 4.56. The molecule has 0 saturated carbocycles. The number of fused-ring (bicyclic) bond motifs is 1. The number of allylic oxidation sites excluding steroid dienone is 4. The lowest BCUT2D eigenvalue weighted by Crippen LogP contribution is -1.97. The predicted molar refractivity (Wildman–Crippen MR) is 76.6 cm³/mol. The zero-order valence-corrected chi connectivity index (χ0v) is 11.1. The molecule has 0 fully saturated rings. The van der Waals surface area contributed by atoms with E-state index in [9.17, 15) is 0 Å². The fraction of sp³-hybridized carbons (Fsp3) is 0.235. The zero-order valence-electron chi connectivity index (χ0n) is 11.1. The summed E-state index contributed by atoms with van der Waals surface area (Å²) in [7, 11) is 0. The van der Waals surface area contributed by atoms with E-state index in [0.717, 1.165) is 5.52 Å². The molecule has 90 valence electrons. The van der Waals surface area contributed by atoms with E-state index >= 15 is 0 Å². The van der Waals surface area contributed by atoms with Crippen LogP contribution in [0.1, 0.15) is 32.3 Å². The van der Waals surface area contributed by atoms with Gasteiger partial charge >= 0.3 is 0 Å². The van der Waals surface area contributed by atoms with Crippen LogP contribution in [0.25, 0.3) is 10.9 Å². The van der Waals surface area contributed by atoms with Gasteiger partial charge in [0.05, 0.1) is 5.52 Å². The minimum Gasteiger partial charge on any atom is -0.256 e. The molecule has 18 heavy (non-hydrogen) atoms. The van der Waals surface area contributed by atoms with E-state index in [1.165, 1.54) is 27.7 Å². The molecule has 0 amide bonds.